The van der Waals surface area contributed by atoms with Crippen LogP contribution in [0.2, 0.25) is 0 Å². The number of halogens is 1. The van der Waals surface area contributed by atoms with Crippen molar-refractivity contribution in [3.8, 4) is 0 Å². The summed E-state index contributed by atoms with van der Waals surface area (Å²) in [6.45, 7) is 0.325. The molecule has 0 spiro atoms. The van der Waals surface area contributed by atoms with Gasteiger partial charge in [0, 0.05) is 21.5 Å². The Kier molecular flexibility index (Phi) is 5.54. The average Bonchev–Trinajstić information content (AvgIpc) is 3.40. The maximum atomic E-state index is 12.7. The maximum Gasteiger partial charge on any atom is 0.257 e. The zero-order chi connectivity index (χ0) is 19.5. The van der Waals surface area contributed by atoms with Crippen molar-refractivity contribution in [1.29, 1.82) is 0 Å². The van der Waals surface area contributed by atoms with Crippen LogP contribution in [0.3, 0.4) is 0 Å². The van der Waals surface area contributed by atoms with E-state index in [0.29, 0.717) is 28.2 Å². The van der Waals surface area contributed by atoms with Crippen molar-refractivity contribution in [2.75, 3.05) is 5.32 Å². The number of benzene rings is 1. The van der Waals surface area contributed by atoms with Crippen molar-refractivity contribution >= 4 is 45.3 Å². The van der Waals surface area contributed by atoms with Gasteiger partial charge in [0.25, 0.3) is 5.91 Å². The first-order chi connectivity index (χ1) is 13.6. The molecule has 144 valence electrons. The highest BCUT2D eigenvalue weighted by Crippen LogP contribution is 2.35. The minimum atomic E-state index is -0.246. The third-order valence-electron chi connectivity index (χ3n) is 4.30. The van der Waals surface area contributed by atoms with Gasteiger partial charge in [-0.2, -0.15) is 16.9 Å². The molecule has 2 N–H and O–H groups in total. The Morgan fingerprint density at radius 1 is 1.21 bits per heavy atom. The molecule has 0 aliphatic carbocycles. The maximum absolute atomic E-state index is 12.7. The van der Waals surface area contributed by atoms with E-state index in [1.807, 2.05) is 12.1 Å². The summed E-state index contributed by atoms with van der Waals surface area (Å²) >= 11 is 5.14. The monoisotopic (exact) mass is 460 g/mol. The molecule has 0 unspecified atom stereocenters. The topological polar surface area (TPSA) is 89.2 Å². The molecule has 1 aliphatic rings. The molecule has 2 amide bonds. The molecule has 0 atom stereocenters. The van der Waals surface area contributed by atoms with Crippen molar-refractivity contribution in [2.45, 2.75) is 24.6 Å². The zero-order valence-electron chi connectivity index (χ0n) is 14.8. The summed E-state index contributed by atoms with van der Waals surface area (Å²) in [6.07, 6.45) is 1.56. The molecular weight excluding hydrogens is 444 g/mol. The first-order valence-corrected chi connectivity index (χ1v) is 10.6. The van der Waals surface area contributed by atoms with Gasteiger partial charge in [-0.25, -0.2) is 4.68 Å². The lowest BCUT2D eigenvalue weighted by Crippen LogP contribution is -2.28. The smallest absolute Gasteiger partial charge is 0.257 e. The fourth-order valence-electron chi connectivity index (χ4n) is 2.93. The van der Waals surface area contributed by atoms with E-state index in [0.717, 1.165) is 22.8 Å². The first kappa shape index (κ1) is 18.8. The SMILES string of the molecule is O=C(Cn1nc2c(c1NC(=O)c1ccccc1Br)CSC2)NCc1ccco1. The Balaban J connectivity index is 1.51. The molecule has 28 heavy (non-hydrogen) atoms. The van der Waals surface area contributed by atoms with Gasteiger partial charge >= 0.3 is 0 Å². The van der Waals surface area contributed by atoms with Gasteiger partial charge in [0.15, 0.2) is 0 Å². The number of fused-ring (bicyclic) bond motifs is 1. The summed E-state index contributed by atoms with van der Waals surface area (Å²) in [5, 5.41) is 10.3. The number of nitrogens with one attached hydrogen (secondary N) is 2. The van der Waals surface area contributed by atoms with Gasteiger partial charge in [-0.1, -0.05) is 12.1 Å². The molecule has 3 heterocycles. The molecule has 0 bridgehead atoms. The quantitative estimate of drug-likeness (QED) is 0.586. The van der Waals surface area contributed by atoms with Gasteiger partial charge in [0.2, 0.25) is 5.91 Å². The number of amides is 2. The lowest BCUT2D eigenvalue weighted by atomic mass is 10.2. The Bertz CT molecular complexity index is 1020. The second kappa shape index (κ2) is 8.24. The minimum Gasteiger partial charge on any atom is -0.467 e. The van der Waals surface area contributed by atoms with Crippen molar-refractivity contribution in [3.05, 3.63) is 69.7 Å². The van der Waals surface area contributed by atoms with Gasteiger partial charge in [0.1, 0.15) is 18.1 Å². The molecule has 4 rings (SSSR count). The molecule has 2 aromatic heterocycles. The van der Waals surface area contributed by atoms with E-state index < -0.39 is 0 Å². The normalized spacial score (nSPS) is 12.6. The number of rotatable bonds is 6. The number of thioether (sulfide) groups is 1. The fourth-order valence-corrected chi connectivity index (χ4v) is 4.43. The van der Waals surface area contributed by atoms with Crippen LogP contribution in [-0.4, -0.2) is 21.6 Å². The fraction of sp³-hybridized carbons (Fsp3) is 0.211. The molecule has 0 saturated carbocycles. The highest BCUT2D eigenvalue weighted by Gasteiger charge is 2.25. The van der Waals surface area contributed by atoms with E-state index in [1.165, 1.54) is 0 Å². The van der Waals surface area contributed by atoms with Gasteiger partial charge in [-0.05, 0) is 40.2 Å². The number of nitrogens with zero attached hydrogens (tertiary/aromatic N) is 2. The second-order valence-electron chi connectivity index (χ2n) is 6.21. The second-order valence-corrected chi connectivity index (χ2v) is 8.05. The number of carbonyl (C=O) groups is 2. The van der Waals surface area contributed by atoms with Gasteiger partial charge in [-0.3, -0.25) is 9.59 Å². The van der Waals surface area contributed by atoms with Crippen molar-refractivity contribution in [2.24, 2.45) is 0 Å². The lowest BCUT2D eigenvalue weighted by molar-refractivity contribution is -0.122. The van der Waals surface area contributed by atoms with Crippen LogP contribution >= 0.6 is 27.7 Å². The molecule has 3 aromatic rings. The van der Waals surface area contributed by atoms with Crippen LogP contribution in [0.5, 0.6) is 0 Å². The summed E-state index contributed by atoms with van der Waals surface area (Å²) in [5.74, 6) is 2.33. The Morgan fingerprint density at radius 2 is 2.07 bits per heavy atom. The van der Waals surface area contributed by atoms with Gasteiger partial charge in [0.05, 0.1) is 24.1 Å². The zero-order valence-corrected chi connectivity index (χ0v) is 17.2. The highest BCUT2D eigenvalue weighted by molar-refractivity contribution is 9.10. The van der Waals surface area contributed by atoms with Crippen molar-refractivity contribution in [3.63, 3.8) is 0 Å². The van der Waals surface area contributed by atoms with Gasteiger partial charge in [-0.15, -0.1) is 0 Å². The van der Waals surface area contributed by atoms with Crippen LogP contribution in [0.4, 0.5) is 5.82 Å². The van der Waals surface area contributed by atoms with Crippen LogP contribution in [0, 0.1) is 0 Å². The predicted molar refractivity (Wildman–Crippen MR) is 110 cm³/mol. The molecule has 9 heteroatoms. The van der Waals surface area contributed by atoms with Crippen molar-refractivity contribution in [1.82, 2.24) is 15.1 Å². The third-order valence-corrected chi connectivity index (χ3v) is 5.96. The molecule has 0 radical (unpaired) electrons. The molecule has 1 aliphatic heterocycles. The van der Waals surface area contributed by atoms with E-state index >= 15 is 0 Å². The van der Waals surface area contributed by atoms with Crippen LogP contribution < -0.4 is 10.6 Å². The Labute approximate surface area is 174 Å². The van der Waals surface area contributed by atoms with Crippen LogP contribution in [0.1, 0.15) is 27.4 Å². The number of furan rings is 1. The number of carbonyl (C=O) groups excluding carboxylic acids is 2. The van der Waals surface area contributed by atoms with Crippen molar-refractivity contribution < 1.29 is 14.0 Å². The summed E-state index contributed by atoms with van der Waals surface area (Å²) in [4.78, 5) is 25.1. The molecule has 1 aromatic carbocycles. The minimum absolute atomic E-state index is 0.0178. The van der Waals surface area contributed by atoms with E-state index in [-0.39, 0.29) is 18.4 Å². The van der Waals surface area contributed by atoms with Crippen LogP contribution in [-0.2, 0) is 29.4 Å². The van der Waals surface area contributed by atoms with Gasteiger partial charge < -0.3 is 15.1 Å². The third kappa shape index (κ3) is 4.00. The lowest BCUT2D eigenvalue weighted by Gasteiger charge is -2.12. The number of anilines is 1. The number of aromatic nitrogens is 2. The molecule has 0 saturated heterocycles. The molecule has 0 fully saturated rings. The van der Waals surface area contributed by atoms with E-state index in [4.69, 9.17) is 4.42 Å². The first-order valence-electron chi connectivity index (χ1n) is 8.63. The largest absolute Gasteiger partial charge is 0.467 e. The highest BCUT2D eigenvalue weighted by atomic mass is 79.9. The standard InChI is InChI=1S/C19H17BrN4O3S/c20-15-6-2-1-5-13(15)19(26)22-18-14-10-28-11-16(14)23-24(18)9-17(25)21-8-12-4-3-7-27-12/h1-7H,8-11H2,(H,21,25)(H,22,26). The van der Waals surface area contributed by atoms with E-state index in [1.54, 1.807) is 47.0 Å². The average molecular weight is 461 g/mol. The summed E-state index contributed by atoms with van der Waals surface area (Å²) < 4.78 is 7.49. The Hall–Kier alpha value is -2.52. The summed E-state index contributed by atoms with van der Waals surface area (Å²) in [6, 6.07) is 10.8. The molecule has 7 nitrogen and oxygen atoms in total. The Morgan fingerprint density at radius 3 is 2.86 bits per heavy atom. The van der Waals surface area contributed by atoms with E-state index in [2.05, 4.69) is 31.7 Å². The molecular formula is C19H17BrN4O3S. The summed E-state index contributed by atoms with van der Waals surface area (Å²) in [7, 11) is 0. The number of hydrogen-bond acceptors (Lipinski definition) is 5. The summed E-state index contributed by atoms with van der Waals surface area (Å²) in [5.41, 5.74) is 2.41. The number of hydrogen-bond donors (Lipinski definition) is 2. The van der Waals surface area contributed by atoms with E-state index in [9.17, 15) is 9.59 Å². The predicted octanol–water partition coefficient (Wildman–Crippen LogP) is 3.55. The van der Waals surface area contributed by atoms with Crippen LogP contribution in [0.25, 0.3) is 0 Å². The van der Waals surface area contributed by atoms with Crippen LogP contribution in [0.15, 0.2) is 51.6 Å².